The lowest BCUT2D eigenvalue weighted by atomic mass is 10.2. The highest BCUT2D eigenvalue weighted by Gasteiger charge is 2.21. The quantitative estimate of drug-likeness (QED) is 0.853. The predicted octanol–water partition coefficient (Wildman–Crippen LogP) is 3.91. The molecule has 6 heteroatoms. The molecular formula is C19H20ClN3O2. The monoisotopic (exact) mass is 357 g/mol. The molecule has 0 radical (unpaired) electrons. The Morgan fingerprint density at radius 1 is 1.08 bits per heavy atom. The highest BCUT2D eigenvalue weighted by Crippen LogP contribution is 2.23. The first-order valence-corrected chi connectivity index (χ1v) is 8.64. The molecule has 0 aliphatic carbocycles. The maximum atomic E-state index is 12.3. The number of amides is 2. The number of benzene rings is 2. The molecule has 0 spiro atoms. The molecule has 2 aromatic rings. The van der Waals surface area contributed by atoms with E-state index in [0.29, 0.717) is 17.1 Å². The fourth-order valence-electron chi connectivity index (χ4n) is 2.76. The number of nitrogens with one attached hydrogen (secondary N) is 2. The zero-order valence-corrected chi connectivity index (χ0v) is 14.7. The van der Waals surface area contributed by atoms with Crippen LogP contribution in [0.2, 0.25) is 5.02 Å². The molecule has 2 aromatic carbocycles. The van der Waals surface area contributed by atoms with Gasteiger partial charge in [0, 0.05) is 35.1 Å². The van der Waals surface area contributed by atoms with E-state index in [0.717, 1.165) is 24.3 Å². The second-order valence-electron chi connectivity index (χ2n) is 6.06. The molecule has 0 unspecified atom stereocenters. The minimum Gasteiger partial charge on any atom is -0.374 e. The van der Waals surface area contributed by atoms with E-state index in [1.54, 1.807) is 36.1 Å². The highest BCUT2D eigenvalue weighted by molar-refractivity contribution is 6.30. The van der Waals surface area contributed by atoms with Gasteiger partial charge < -0.3 is 15.5 Å². The van der Waals surface area contributed by atoms with Crippen LogP contribution < -0.4 is 15.5 Å². The van der Waals surface area contributed by atoms with E-state index in [-0.39, 0.29) is 11.8 Å². The molecule has 2 N–H and O–H groups in total. The van der Waals surface area contributed by atoms with Gasteiger partial charge in [-0.1, -0.05) is 11.6 Å². The van der Waals surface area contributed by atoms with Crippen LogP contribution in [-0.4, -0.2) is 24.4 Å². The molecule has 1 fully saturated rings. The van der Waals surface area contributed by atoms with Crippen molar-refractivity contribution in [3.05, 3.63) is 53.6 Å². The summed E-state index contributed by atoms with van der Waals surface area (Å²) < 4.78 is 0. The van der Waals surface area contributed by atoms with Crippen molar-refractivity contribution in [1.82, 2.24) is 0 Å². The van der Waals surface area contributed by atoms with E-state index in [2.05, 4.69) is 10.6 Å². The van der Waals surface area contributed by atoms with Crippen molar-refractivity contribution in [3.63, 3.8) is 0 Å². The van der Waals surface area contributed by atoms with Crippen molar-refractivity contribution >= 4 is 40.5 Å². The first-order valence-electron chi connectivity index (χ1n) is 8.26. The molecule has 5 nitrogen and oxygen atoms in total. The highest BCUT2D eigenvalue weighted by atomic mass is 35.5. The van der Waals surface area contributed by atoms with Gasteiger partial charge in [0.15, 0.2) is 0 Å². The lowest BCUT2D eigenvalue weighted by Crippen LogP contribution is -2.31. The van der Waals surface area contributed by atoms with Gasteiger partial charge >= 0.3 is 0 Å². The molecule has 0 saturated carbocycles. The molecule has 1 atom stereocenters. The number of carbonyl (C=O) groups is 2. The molecule has 1 saturated heterocycles. The van der Waals surface area contributed by atoms with Crippen LogP contribution in [0.3, 0.4) is 0 Å². The number of nitrogens with zero attached hydrogens (tertiary/aromatic N) is 1. The standard InChI is InChI=1S/C19H20ClN3O2/c1-13(19(25)22-16-6-4-14(20)5-7-16)21-15-8-10-17(11-9-15)23-12-2-3-18(23)24/h4-11,13,21H,2-3,12H2,1H3,(H,22,25)/t13-/m1/s1. The van der Waals surface area contributed by atoms with Gasteiger partial charge in [0.1, 0.15) is 6.04 Å². The van der Waals surface area contributed by atoms with E-state index >= 15 is 0 Å². The normalized spacial score (nSPS) is 15.1. The van der Waals surface area contributed by atoms with Gasteiger partial charge in [-0.15, -0.1) is 0 Å². The van der Waals surface area contributed by atoms with Crippen LogP contribution in [-0.2, 0) is 9.59 Å². The molecule has 130 valence electrons. The van der Waals surface area contributed by atoms with Gasteiger partial charge in [0.25, 0.3) is 0 Å². The number of halogens is 1. The van der Waals surface area contributed by atoms with Gasteiger partial charge in [-0.25, -0.2) is 0 Å². The molecule has 3 rings (SSSR count). The van der Waals surface area contributed by atoms with Crippen LogP contribution in [0, 0.1) is 0 Å². The molecule has 0 bridgehead atoms. The largest absolute Gasteiger partial charge is 0.374 e. The average molecular weight is 358 g/mol. The maximum Gasteiger partial charge on any atom is 0.246 e. The summed E-state index contributed by atoms with van der Waals surface area (Å²) in [5.41, 5.74) is 2.42. The zero-order chi connectivity index (χ0) is 17.8. The number of rotatable bonds is 5. The Bertz CT molecular complexity index is 759. The third-order valence-electron chi connectivity index (χ3n) is 4.14. The van der Waals surface area contributed by atoms with Crippen LogP contribution in [0.4, 0.5) is 17.1 Å². The minimum absolute atomic E-state index is 0.138. The van der Waals surface area contributed by atoms with Gasteiger partial charge in [0.2, 0.25) is 11.8 Å². The van der Waals surface area contributed by atoms with Crippen molar-refractivity contribution in [1.29, 1.82) is 0 Å². The van der Waals surface area contributed by atoms with Gasteiger partial charge in [-0.2, -0.15) is 0 Å². The Hall–Kier alpha value is -2.53. The van der Waals surface area contributed by atoms with Gasteiger partial charge in [-0.05, 0) is 61.9 Å². The van der Waals surface area contributed by atoms with Gasteiger partial charge in [0.05, 0.1) is 0 Å². The summed E-state index contributed by atoms with van der Waals surface area (Å²) in [5, 5.41) is 6.62. The smallest absolute Gasteiger partial charge is 0.246 e. The minimum atomic E-state index is -0.407. The fraction of sp³-hybridized carbons (Fsp3) is 0.263. The van der Waals surface area contributed by atoms with E-state index < -0.39 is 6.04 Å². The third kappa shape index (κ3) is 4.31. The van der Waals surface area contributed by atoms with E-state index in [1.807, 2.05) is 24.3 Å². The second kappa shape index (κ2) is 7.57. The molecule has 2 amide bonds. The number of carbonyl (C=O) groups excluding carboxylic acids is 2. The fourth-order valence-corrected chi connectivity index (χ4v) is 2.88. The van der Waals surface area contributed by atoms with Crippen LogP contribution >= 0.6 is 11.6 Å². The van der Waals surface area contributed by atoms with Crippen molar-refractivity contribution in [2.75, 3.05) is 22.1 Å². The predicted molar refractivity (Wildman–Crippen MR) is 101 cm³/mol. The Balaban J connectivity index is 1.58. The Labute approximate surface area is 152 Å². The summed E-state index contributed by atoms with van der Waals surface area (Å²) in [6, 6.07) is 14.1. The Kier molecular flexibility index (Phi) is 5.24. The number of hydrogen-bond acceptors (Lipinski definition) is 3. The van der Waals surface area contributed by atoms with E-state index in [1.165, 1.54) is 0 Å². The van der Waals surface area contributed by atoms with E-state index in [9.17, 15) is 9.59 Å². The van der Waals surface area contributed by atoms with E-state index in [4.69, 9.17) is 11.6 Å². The molecule has 25 heavy (non-hydrogen) atoms. The van der Waals surface area contributed by atoms with Crippen LogP contribution in [0.25, 0.3) is 0 Å². The molecule has 0 aromatic heterocycles. The summed E-state index contributed by atoms with van der Waals surface area (Å²) in [7, 11) is 0. The number of anilines is 3. The molecular weight excluding hydrogens is 338 g/mol. The average Bonchev–Trinajstić information content (AvgIpc) is 3.03. The molecule has 1 heterocycles. The van der Waals surface area contributed by atoms with Crippen LogP contribution in [0.15, 0.2) is 48.5 Å². The third-order valence-corrected chi connectivity index (χ3v) is 4.39. The van der Waals surface area contributed by atoms with Crippen molar-refractivity contribution in [2.45, 2.75) is 25.8 Å². The van der Waals surface area contributed by atoms with Crippen LogP contribution in [0.5, 0.6) is 0 Å². The first-order chi connectivity index (χ1) is 12.0. The number of hydrogen-bond donors (Lipinski definition) is 2. The topological polar surface area (TPSA) is 61.4 Å². The van der Waals surface area contributed by atoms with Crippen LogP contribution in [0.1, 0.15) is 19.8 Å². The summed E-state index contributed by atoms with van der Waals surface area (Å²) in [6.45, 7) is 2.56. The zero-order valence-electron chi connectivity index (χ0n) is 14.0. The van der Waals surface area contributed by atoms with Gasteiger partial charge in [-0.3, -0.25) is 9.59 Å². The summed E-state index contributed by atoms with van der Waals surface area (Å²) >= 11 is 5.84. The molecule has 1 aliphatic rings. The lowest BCUT2D eigenvalue weighted by molar-refractivity contribution is -0.117. The van der Waals surface area contributed by atoms with Crippen molar-refractivity contribution in [3.8, 4) is 0 Å². The SMILES string of the molecule is C[C@@H](Nc1ccc(N2CCCC2=O)cc1)C(=O)Nc1ccc(Cl)cc1. The van der Waals surface area contributed by atoms with Crippen molar-refractivity contribution in [2.24, 2.45) is 0 Å². The lowest BCUT2D eigenvalue weighted by Gasteiger charge is -2.18. The maximum absolute atomic E-state index is 12.3. The first kappa shape index (κ1) is 17.3. The summed E-state index contributed by atoms with van der Waals surface area (Å²) in [4.78, 5) is 25.8. The van der Waals surface area contributed by atoms with Crippen molar-refractivity contribution < 1.29 is 9.59 Å². The Morgan fingerprint density at radius 2 is 1.72 bits per heavy atom. The molecule has 1 aliphatic heterocycles. The summed E-state index contributed by atoms with van der Waals surface area (Å²) in [6.07, 6.45) is 1.52. The second-order valence-corrected chi connectivity index (χ2v) is 6.49. The summed E-state index contributed by atoms with van der Waals surface area (Å²) in [5.74, 6) is 0.0255. The Morgan fingerprint density at radius 3 is 2.32 bits per heavy atom.